The van der Waals surface area contributed by atoms with Crippen LogP contribution in [0.4, 0.5) is 13.2 Å². The first-order valence-corrected chi connectivity index (χ1v) is 4.11. The highest BCUT2D eigenvalue weighted by Gasteiger charge is 2.35. The van der Waals surface area contributed by atoms with Gasteiger partial charge in [0.15, 0.2) is 11.5 Å². The molecule has 0 amide bonds. The zero-order valence-electron chi connectivity index (χ0n) is 7.82. The molecule has 0 aliphatic heterocycles. The summed E-state index contributed by atoms with van der Waals surface area (Å²) in [6, 6.07) is 1.56. The molecule has 0 atom stereocenters. The molecule has 0 aromatic heterocycles. The third-order valence-electron chi connectivity index (χ3n) is 1.78. The first-order valence-electron chi connectivity index (χ1n) is 4.11. The predicted molar refractivity (Wildman–Crippen MR) is 49.9 cm³/mol. The van der Waals surface area contributed by atoms with Gasteiger partial charge in [0.05, 0.1) is 0 Å². The van der Waals surface area contributed by atoms with Crippen molar-refractivity contribution in [2.45, 2.75) is 6.18 Å². The Bertz CT molecular complexity index is 436. The highest BCUT2D eigenvalue weighted by atomic mass is 19.4. The van der Waals surface area contributed by atoms with Crippen molar-refractivity contribution in [3.05, 3.63) is 29.3 Å². The number of carbonyl (C=O) groups is 1. The van der Waals surface area contributed by atoms with Crippen molar-refractivity contribution in [3.63, 3.8) is 0 Å². The van der Waals surface area contributed by atoms with Crippen LogP contribution in [0.5, 0.6) is 11.5 Å². The lowest BCUT2D eigenvalue weighted by molar-refractivity contribution is -0.138. The first kappa shape index (κ1) is 12.1. The summed E-state index contributed by atoms with van der Waals surface area (Å²) in [6.07, 6.45) is -2.32. The van der Waals surface area contributed by atoms with Crippen LogP contribution >= 0.6 is 0 Å². The largest absolute Gasteiger partial charge is 0.504 e. The van der Waals surface area contributed by atoms with Crippen molar-refractivity contribution in [1.82, 2.24) is 0 Å². The number of alkyl halides is 3. The average molecular weight is 232 g/mol. The number of halogens is 3. The van der Waals surface area contributed by atoms with Gasteiger partial charge in [-0.15, -0.1) is 0 Å². The van der Waals surface area contributed by atoms with Crippen LogP contribution in [-0.2, 0) is 11.0 Å². The summed E-state index contributed by atoms with van der Waals surface area (Å²) < 4.78 is 37.1. The van der Waals surface area contributed by atoms with Crippen LogP contribution in [0.15, 0.2) is 18.2 Å². The van der Waals surface area contributed by atoms with Crippen LogP contribution in [0.3, 0.4) is 0 Å². The van der Waals surface area contributed by atoms with Crippen molar-refractivity contribution < 1.29 is 28.2 Å². The minimum absolute atomic E-state index is 0.0327. The molecule has 86 valence electrons. The molecule has 0 aliphatic carbocycles. The Hall–Kier alpha value is -1.98. The predicted octanol–water partition coefficient (Wildman–Crippen LogP) is 2.33. The lowest BCUT2D eigenvalue weighted by Crippen LogP contribution is -2.05. The number of hydrogen-bond donors (Lipinski definition) is 2. The summed E-state index contributed by atoms with van der Waals surface area (Å²) >= 11 is 0. The molecule has 0 saturated heterocycles. The van der Waals surface area contributed by atoms with Gasteiger partial charge in [-0.3, -0.25) is 4.79 Å². The fraction of sp³-hybridized carbons (Fsp3) is 0.100. The maximum Gasteiger partial charge on any atom is 0.420 e. The van der Waals surface area contributed by atoms with Gasteiger partial charge in [0.25, 0.3) is 0 Å². The van der Waals surface area contributed by atoms with E-state index in [-0.39, 0.29) is 5.56 Å². The molecule has 0 unspecified atom stereocenters. The zero-order chi connectivity index (χ0) is 12.3. The number of phenolic OH excluding ortho intramolecular Hbond substituents is 2. The van der Waals surface area contributed by atoms with E-state index in [4.69, 9.17) is 10.2 Å². The van der Waals surface area contributed by atoms with E-state index < -0.39 is 23.2 Å². The smallest absolute Gasteiger partial charge is 0.420 e. The number of allylic oxidation sites excluding steroid dienone is 1. The molecular weight excluding hydrogens is 225 g/mol. The fourth-order valence-electron chi connectivity index (χ4n) is 1.10. The number of benzene rings is 1. The maximum absolute atomic E-state index is 12.4. The molecule has 16 heavy (non-hydrogen) atoms. The Morgan fingerprint density at radius 3 is 2.31 bits per heavy atom. The molecule has 1 aromatic rings. The first-order chi connectivity index (χ1) is 7.36. The normalized spacial score (nSPS) is 11.9. The van der Waals surface area contributed by atoms with E-state index in [0.717, 1.165) is 18.2 Å². The summed E-state index contributed by atoms with van der Waals surface area (Å²) in [5.74, 6) is -2.11. The number of aldehydes is 1. The van der Waals surface area contributed by atoms with Gasteiger partial charge in [-0.25, -0.2) is 0 Å². The van der Waals surface area contributed by atoms with E-state index in [0.29, 0.717) is 12.4 Å². The Morgan fingerprint density at radius 2 is 1.81 bits per heavy atom. The van der Waals surface area contributed by atoms with Gasteiger partial charge in [0.2, 0.25) is 0 Å². The number of phenols is 2. The Morgan fingerprint density at radius 1 is 1.19 bits per heavy atom. The van der Waals surface area contributed by atoms with Gasteiger partial charge in [-0.1, -0.05) is 6.08 Å². The van der Waals surface area contributed by atoms with Crippen molar-refractivity contribution in [3.8, 4) is 11.5 Å². The number of hydrogen-bond acceptors (Lipinski definition) is 3. The van der Waals surface area contributed by atoms with Gasteiger partial charge >= 0.3 is 6.18 Å². The van der Waals surface area contributed by atoms with Crippen LogP contribution in [0, 0.1) is 0 Å². The second-order valence-electron chi connectivity index (χ2n) is 2.93. The summed E-state index contributed by atoms with van der Waals surface area (Å²) in [5.41, 5.74) is -1.38. The lowest BCUT2D eigenvalue weighted by Gasteiger charge is -2.10. The monoisotopic (exact) mass is 232 g/mol. The number of aromatic hydroxyl groups is 2. The third kappa shape index (κ3) is 2.53. The number of carbonyl (C=O) groups excluding carboxylic acids is 1. The van der Waals surface area contributed by atoms with Gasteiger partial charge < -0.3 is 10.2 Å². The summed E-state index contributed by atoms with van der Waals surface area (Å²) in [5, 5.41) is 18.1. The highest BCUT2D eigenvalue weighted by molar-refractivity contribution is 5.74. The summed E-state index contributed by atoms with van der Waals surface area (Å²) in [6.45, 7) is 0. The molecule has 2 N–H and O–H groups in total. The maximum atomic E-state index is 12.4. The van der Waals surface area contributed by atoms with E-state index >= 15 is 0 Å². The van der Waals surface area contributed by atoms with Crippen molar-refractivity contribution in [2.75, 3.05) is 0 Å². The summed E-state index contributed by atoms with van der Waals surface area (Å²) in [7, 11) is 0. The van der Waals surface area contributed by atoms with Crippen LogP contribution in [-0.4, -0.2) is 16.5 Å². The molecule has 0 aliphatic rings. The molecule has 6 heteroatoms. The van der Waals surface area contributed by atoms with E-state index in [9.17, 15) is 18.0 Å². The minimum Gasteiger partial charge on any atom is -0.504 e. The topological polar surface area (TPSA) is 57.5 Å². The molecule has 0 bridgehead atoms. The molecule has 1 rings (SSSR count). The van der Waals surface area contributed by atoms with Crippen LogP contribution < -0.4 is 0 Å². The molecule has 0 heterocycles. The van der Waals surface area contributed by atoms with Crippen LogP contribution in [0.2, 0.25) is 0 Å². The van der Waals surface area contributed by atoms with Crippen molar-refractivity contribution >= 4 is 12.4 Å². The third-order valence-corrected chi connectivity index (χ3v) is 1.78. The highest BCUT2D eigenvalue weighted by Crippen LogP contribution is 2.41. The molecule has 0 radical (unpaired) electrons. The standard InChI is InChI=1S/C10H7F3O3/c11-10(12,13)7-4-6(2-1-3-14)5-8(15)9(7)16/h1-5,15-16H. The molecule has 1 aromatic carbocycles. The van der Waals surface area contributed by atoms with E-state index in [1.165, 1.54) is 0 Å². The van der Waals surface area contributed by atoms with Crippen LogP contribution in [0.1, 0.15) is 11.1 Å². The lowest BCUT2D eigenvalue weighted by atomic mass is 10.1. The Kier molecular flexibility index (Phi) is 3.22. The molecule has 0 spiro atoms. The van der Waals surface area contributed by atoms with Gasteiger partial charge in [0.1, 0.15) is 11.8 Å². The fourth-order valence-corrected chi connectivity index (χ4v) is 1.10. The number of rotatable bonds is 2. The SMILES string of the molecule is O=CC=Cc1cc(O)c(O)c(C(F)(F)F)c1. The van der Waals surface area contributed by atoms with Gasteiger partial charge in [-0.2, -0.15) is 13.2 Å². The van der Waals surface area contributed by atoms with Crippen molar-refractivity contribution in [1.29, 1.82) is 0 Å². The van der Waals surface area contributed by atoms with Crippen LogP contribution in [0.25, 0.3) is 6.08 Å². The van der Waals surface area contributed by atoms with Crippen molar-refractivity contribution in [2.24, 2.45) is 0 Å². The average Bonchev–Trinajstić information content (AvgIpc) is 2.17. The van der Waals surface area contributed by atoms with E-state index in [2.05, 4.69) is 0 Å². The van der Waals surface area contributed by atoms with Gasteiger partial charge in [-0.05, 0) is 23.8 Å². The second-order valence-corrected chi connectivity index (χ2v) is 2.93. The molecular formula is C10H7F3O3. The minimum atomic E-state index is -4.77. The van der Waals surface area contributed by atoms with Gasteiger partial charge in [0, 0.05) is 0 Å². The molecule has 0 fully saturated rings. The van der Waals surface area contributed by atoms with E-state index in [1.54, 1.807) is 0 Å². The zero-order valence-corrected chi connectivity index (χ0v) is 7.82. The Labute approximate surface area is 88.4 Å². The summed E-state index contributed by atoms with van der Waals surface area (Å²) in [4.78, 5) is 9.99. The Balaban J connectivity index is 3.33. The molecule has 0 saturated carbocycles. The van der Waals surface area contributed by atoms with E-state index in [1.807, 2.05) is 0 Å². The molecule has 3 nitrogen and oxygen atoms in total. The quantitative estimate of drug-likeness (QED) is 0.467. The second kappa shape index (κ2) is 4.26.